The van der Waals surface area contributed by atoms with Gasteiger partial charge in [0.1, 0.15) is 11.6 Å². The maximum Gasteiger partial charge on any atom is 0.162 e. The Balaban J connectivity index is 2.16. The maximum absolute atomic E-state index is 9.88. The molecule has 0 amide bonds. The fourth-order valence-electron chi connectivity index (χ4n) is 2.40. The lowest BCUT2D eigenvalue weighted by molar-refractivity contribution is 0.476. The van der Waals surface area contributed by atoms with Crippen LogP contribution >= 0.6 is 11.6 Å². The third-order valence-corrected chi connectivity index (χ3v) is 4.02. The standard InChI is InChI=1S/C18H18ClN3O/c1-2-3-11-20-18-15-13(9-10-14(23)16(15)19)21-17(22-18)12-7-5-4-6-8-12/h4-10,23H,2-3,11H2,1H3,(H,20,21,22). The fourth-order valence-corrected chi connectivity index (χ4v) is 2.65. The zero-order chi connectivity index (χ0) is 16.2. The van der Waals surface area contributed by atoms with Crippen LogP contribution in [0.5, 0.6) is 5.75 Å². The summed E-state index contributed by atoms with van der Waals surface area (Å²) in [6, 6.07) is 13.1. The van der Waals surface area contributed by atoms with Crippen molar-refractivity contribution in [3.05, 3.63) is 47.5 Å². The van der Waals surface area contributed by atoms with Gasteiger partial charge in [0.2, 0.25) is 0 Å². The van der Waals surface area contributed by atoms with Gasteiger partial charge in [0, 0.05) is 12.1 Å². The van der Waals surface area contributed by atoms with E-state index >= 15 is 0 Å². The first kappa shape index (κ1) is 15.6. The summed E-state index contributed by atoms with van der Waals surface area (Å²) >= 11 is 6.27. The lowest BCUT2D eigenvalue weighted by Gasteiger charge is -2.12. The molecule has 2 aromatic carbocycles. The van der Waals surface area contributed by atoms with Crippen molar-refractivity contribution >= 4 is 28.3 Å². The average Bonchev–Trinajstić information content (AvgIpc) is 2.59. The van der Waals surface area contributed by atoms with E-state index in [0.717, 1.165) is 24.9 Å². The summed E-state index contributed by atoms with van der Waals surface area (Å²) in [4.78, 5) is 9.22. The largest absolute Gasteiger partial charge is 0.506 e. The van der Waals surface area contributed by atoms with Crippen LogP contribution in [-0.4, -0.2) is 21.6 Å². The number of halogens is 1. The predicted octanol–water partition coefficient (Wildman–Crippen LogP) is 4.87. The second-order valence-electron chi connectivity index (χ2n) is 5.33. The van der Waals surface area contributed by atoms with Gasteiger partial charge >= 0.3 is 0 Å². The molecular formula is C18H18ClN3O. The zero-order valence-electron chi connectivity index (χ0n) is 12.9. The molecule has 0 aliphatic heterocycles. The number of unbranched alkanes of at least 4 members (excludes halogenated alkanes) is 1. The summed E-state index contributed by atoms with van der Waals surface area (Å²) in [5.74, 6) is 1.33. The summed E-state index contributed by atoms with van der Waals surface area (Å²) in [5, 5.41) is 14.1. The van der Waals surface area contributed by atoms with E-state index < -0.39 is 0 Å². The number of aromatic hydroxyl groups is 1. The van der Waals surface area contributed by atoms with Crippen LogP contribution in [0.15, 0.2) is 42.5 Å². The van der Waals surface area contributed by atoms with Crippen LogP contribution in [0.2, 0.25) is 5.02 Å². The van der Waals surface area contributed by atoms with Gasteiger partial charge in [-0.3, -0.25) is 0 Å². The number of phenolic OH excluding ortho intramolecular Hbond substituents is 1. The minimum atomic E-state index is 0.0359. The van der Waals surface area contributed by atoms with E-state index in [9.17, 15) is 5.11 Å². The number of hydrogen-bond donors (Lipinski definition) is 2. The third-order valence-electron chi connectivity index (χ3n) is 3.64. The molecule has 5 heteroatoms. The summed E-state index contributed by atoms with van der Waals surface area (Å²) in [6.07, 6.45) is 2.11. The Kier molecular flexibility index (Phi) is 4.63. The Morgan fingerprint density at radius 3 is 2.61 bits per heavy atom. The molecule has 1 heterocycles. The molecule has 0 bridgehead atoms. The van der Waals surface area contributed by atoms with Crippen molar-refractivity contribution in [1.82, 2.24) is 9.97 Å². The van der Waals surface area contributed by atoms with Crippen molar-refractivity contribution in [2.75, 3.05) is 11.9 Å². The topological polar surface area (TPSA) is 58.0 Å². The Hall–Kier alpha value is -2.33. The number of hydrogen-bond acceptors (Lipinski definition) is 4. The van der Waals surface area contributed by atoms with Gasteiger partial charge < -0.3 is 10.4 Å². The van der Waals surface area contributed by atoms with Crippen LogP contribution in [0.1, 0.15) is 19.8 Å². The SMILES string of the molecule is CCCCNc1nc(-c2ccccc2)nc2ccc(O)c(Cl)c12. The van der Waals surface area contributed by atoms with Gasteiger partial charge in [-0.05, 0) is 18.6 Å². The van der Waals surface area contributed by atoms with Crippen molar-refractivity contribution < 1.29 is 5.11 Å². The van der Waals surface area contributed by atoms with Crippen LogP contribution in [0.3, 0.4) is 0 Å². The zero-order valence-corrected chi connectivity index (χ0v) is 13.6. The highest BCUT2D eigenvalue weighted by molar-refractivity contribution is 6.37. The van der Waals surface area contributed by atoms with E-state index in [2.05, 4.69) is 22.2 Å². The van der Waals surface area contributed by atoms with Gasteiger partial charge in [-0.2, -0.15) is 0 Å². The molecule has 3 aromatic rings. The number of fused-ring (bicyclic) bond motifs is 1. The van der Waals surface area contributed by atoms with Gasteiger partial charge in [-0.25, -0.2) is 9.97 Å². The normalized spacial score (nSPS) is 10.9. The number of nitrogens with one attached hydrogen (secondary N) is 1. The van der Waals surface area contributed by atoms with E-state index in [1.165, 1.54) is 0 Å². The molecule has 0 fully saturated rings. The molecule has 1 aromatic heterocycles. The number of phenols is 1. The molecule has 0 saturated heterocycles. The summed E-state index contributed by atoms with van der Waals surface area (Å²) in [7, 11) is 0. The molecule has 0 unspecified atom stereocenters. The molecule has 2 N–H and O–H groups in total. The van der Waals surface area contributed by atoms with Crippen LogP contribution in [0.4, 0.5) is 5.82 Å². The maximum atomic E-state index is 9.88. The van der Waals surface area contributed by atoms with E-state index in [0.29, 0.717) is 22.5 Å². The van der Waals surface area contributed by atoms with Crippen LogP contribution in [-0.2, 0) is 0 Å². The van der Waals surface area contributed by atoms with Crippen molar-refractivity contribution in [3.8, 4) is 17.1 Å². The van der Waals surface area contributed by atoms with Crippen molar-refractivity contribution in [1.29, 1.82) is 0 Å². The molecule has 23 heavy (non-hydrogen) atoms. The van der Waals surface area contributed by atoms with Crippen LogP contribution in [0, 0.1) is 0 Å². The Morgan fingerprint density at radius 1 is 1.09 bits per heavy atom. The van der Waals surface area contributed by atoms with E-state index in [1.54, 1.807) is 12.1 Å². The van der Waals surface area contributed by atoms with Crippen molar-refractivity contribution in [2.45, 2.75) is 19.8 Å². The summed E-state index contributed by atoms with van der Waals surface area (Å²) < 4.78 is 0. The number of nitrogens with zero attached hydrogens (tertiary/aromatic N) is 2. The van der Waals surface area contributed by atoms with E-state index in [-0.39, 0.29) is 10.8 Å². The van der Waals surface area contributed by atoms with Gasteiger partial charge in [-0.1, -0.05) is 55.3 Å². The molecule has 0 atom stereocenters. The second-order valence-corrected chi connectivity index (χ2v) is 5.71. The number of anilines is 1. The first-order valence-electron chi connectivity index (χ1n) is 7.69. The average molecular weight is 328 g/mol. The monoisotopic (exact) mass is 327 g/mol. The van der Waals surface area contributed by atoms with Gasteiger partial charge in [0.15, 0.2) is 5.82 Å². The molecule has 4 nitrogen and oxygen atoms in total. The molecule has 0 aliphatic carbocycles. The first-order valence-corrected chi connectivity index (χ1v) is 8.07. The highest BCUT2D eigenvalue weighted by Gasteiger charge is 2.14. The van der Waals surface area contributed by atoms with E-state index in [4.69, 9.17) is 11.6 Å². The van der Waals surface area contributed by atoms with E-state index in [1.807, 2.05) is 30.3 Å². The molecule has 0 saturated carbocycles. The quantitative estimate of drug-likeness (QED) is 0.656. The minimum absolute atomic E-state index is 0.0359. The predicted molar refractivity (Wildman–Crippen MR) is 95.0 cm³/mol. The minimum Gasteiger partial charge on any atom is -0.506 e. The van der Waals surface area contributed by atoms with Crippen LogP contribution in [0.25, 0.3) is 22.3 Å². The second kappa shape index (κ2) is 6.84. The molecule has 0 spiro atoms. The third kappa shape index (κ3) is 3.22. The van der Waals surface area contributed by atoms with Crippen LogP contribution < -0.4 is 5.32 Å². The molecule has 3 rings (SSSR count). The van der Waals surface area contributed by atoms with Gasteiger partial charge in [0.05, 0.1) is 15.9 Å². The lowest BCUT2D eigenvalue weighted by Crippen LogP contribution is -2.05. The fraction of sp³-hybridized carbons (Fsp3) is 0.222. The Labute approximate surface area is 140 Å². The number of benzene rings is 2. The molecule has 0 radical (unpaired) electrons. The number of rotatable bonds is 5. The highest BCUT2D eigenvalue weighted by atomic mass is 35.5. The first-order chi connectivity index (χ1) is 11.2. The summed E-state index contributed by atoms with van der Waals surface area (Å²) in [6.45, 7) is 2.93. The molecule has 118 valence electrons. The van der Waals surface area contributed by atoms with Crippen molar-refractivity contribution in [2.24, 2.45) is 0 Å². The highest BCUT2D eigenvalue weighted by Crippen LogP contribution is 2.36. The summed E-state index contributed by atoms with van der Waals surface area (Å²) in [5.41, 5.74) is 1.65. The lowest BCUT2D eigenvalue weighted by atomic mass is 10.1. The molecular weight excluding hydrogens is 310 g/mol. The number of aromatic nitrogens is 2. The Morgan fingerprint density at radius 2 is 1.87 bits per heavy atom. The van der Waals surface area contributed by atoms with Gasteiger partial charge in [-0.15, -0.1) is 0 Å². The Bertz CT molecular complexity index is 821. The smallest absolute Gasteiger partial charge is 0.162 e. The van der Waals surface area contributed by atoms with Crippen molar-refractivity contribution in [3.63, 3.8) is 0 Å². The molecule has 0 aliphatic rings. The van der Waals surface area contributed by atoms with Gasteiger partial charge in [0.25, 0.3) is 0 Å².